The molecule has 78 valence electrons. The van der Waals surface area contributed by atoms with Gasteiger partial charge in [-0.05, 0) is 12.1 Å². The van der Waals surface area contributed by atoms with Crippen LogP contribution < -0.4 is 0 Å². The van der Waals surface area contributed by atoms with Crippen molar-refractivity contribution in [1.82, 2.24) is 20.3 Å². The summed E-state index contributed by atoms with van der Waals surface area (Å²) in [6.07, 6.45) is 8.32. The van der Waals surface area contributed by atoms with Crippen LogP contribution in [0.4, 0.5) is 0 Å². The molecule has 0 aromatic carbocycles. The number of hydrogen-bond acceptors (Lipinski definition) is 5. The molecule has 0 saturated carbocycles. The maximum absolute atomic E-state index is 4.33. The molecule has 6 heteroatoms. The van der Waals surface area contributed by atoms with Crippen LogP contribution in [0.5, 0.6) is 0 Å². The molecular formula is C9H10N4OS. The molecule has 0 saturated heterocycles. The SMILES string of the molecule is c1cn[nH]c1.c1cnoc1.c1cscn1. The second-order valence-electron chi connectivity index (χ2n) is 2.13. The summed E-state index contributed by atoms with van der Waals surface area (Å²) >= 11 is 1.60. The average Bonchev–Trinajstić information content (AvgIpc) is 3.09. The Bertz CT molecular complexity index is 254. The Morgan fingerprint density at radius 1 is 1.13 bits per heavy atom. The van der Waals surface area contributed by atoms with Crippen LogP contribution in [0.1, 0.15) is 0 Å². The second kappa shape index (κ2) is 8.64. The highest BCUT2D eigenvalue weighted by molar-refractivity contribution is 7.07. The van der Waals surface area contributed by atoms with Gasteiger partial charge in [-0.25, -0.2) is 0 Å². The van der Waals surface area contributed by atoms with Gasteiger partial charge in [-0.3, -0.25) is 10.1 Å². The van der Waals surface area contributed by atoms with Gasteiger partial charge in [-0.1, -0.05) is 5.16 Å². The van der Waals surface area contributed by atoms with Gasteiger partial charge in [-0.15, -0.1) is 11.3 Å². The predicted octanol–water partition coefficient (Wildman–Crippen LogP) is 2.23. The fraction of sp³-hybridized carbons (Fsp3) is 0. The van der Waals surface area contributed by atoms with Gasteiger partial charge in [0.15, 0.2) is 0 Å². The minimum absolute atomic E-state index is 1.51. The minimum atomic E-state index is 1.51. The molecule has 3 aromatic heterocycles. The fourth-order valence-electron chi connectivity index (χ4n) is 0.567. The Balaban J connectivity index is 0.000000112. The molecule has 3 rings (SSSR count). The van der Waals surface area contributed by atoms with Crippen LogP contribution in [-0.2, 0) is 0 Å². The van der Waals surface area contributed by atoms with E-state index in [-0.39, 0.29) is 0 Å². The lowest BCUT2D eigenvalue weighted by Crippen LogP contribution is -1.53. The van der Waals surface area contributed by atoms with Crippen molar-refractivity contribution >= 4 is 11.3 Å². The number of rotatable bonds is 0. The number of hydrogen-bond donors (Lipinski definition) is 1. The molecule has 0 aliphatic rings. The minimum Gasteiger partial charge on any atom is -0.365 e. The first-order chi connectivity index (χ1) is 7.50. The monoisotopic (exact) mass is 222 g/mol. The van der Waals surface area contributed by atoms with E-state index < -0.39 is 0 Å². The van der Waals surface area contributed by atoms with Crippen LogP contribution in [0.3, 0.4) is 0 Å². The van der Waals surface area contributed by atoms with E-state index in [0.717, 1.165) is 0 Å². The van der Waals surface area contributed by atoms with Crippen molar-refractivity contribution in [2.24, 2.45) is 0 Å². The van der Waals surface area contributed by atoms with Crippen molar-refractivity contribution in [2.45, 2.75) is 0 Å². The van der Waals surface area contributed by atoms with Crippen molar-refractivity contribution in [3.05, 3.63) is 54.1 Å². The Kier molecular flexibility index (Phi) is 6.41. The van der Waals surface area contributed by atoms with Gasteiger partial charge >= 0.3 is 0 Å². The van der Waals surface area contributed by atoms with E-state index in [1.54, 1.807) is 47.7 Å². The Morgan fingerprint density at radius 2 is 2.13 bits per heavy atom. The lowest BCUT2D eigenvalue weighted by molar-refractivity contribution is 0.420. The number of thiazole rings is 1. The number of nitrogens with one attached hydrogen (secondary N) is 1. The van der Waals surface area contributed by atoms with E-state index >= 15 is 0 Å². The molecule has 3 aromatic rings. The van der Waals surface area contributed by atoms with Gasteiger partial charge in [0.2, 0.25) is 0 Å². The summed E-state index contributed by atoms with van der Waals surface area (Å²) in [6, 6.07) is 3.56. The van der Waals surface area contributed by atoms with E-state index in [4.69, 9.17) is 0 Å². The zero-order valence-electron chi connectivity index (χ0n) is 7.85. The molecule has 5 nitrogen and oxygen atoms in total. The van der Waals surface area contributed by atoms with Crippen LogP contribution in [0.25, 0.3) is 0 Å². The number of nitrogens with zero attached hydrogens (tertiary/aromatic N) is 3. The largest absolute Gasteiger partial charge is 0.365 e. The molecule has 0 aliphatic heterocycles. The van der Waals surface area contributed by atoms with E-state index in [9.17, 15) is 0 Å². The van der Waals surface area contributed by atoms with Crippen molar-refractivity contribution < 1.29 is 4.52 Å². The van der Waals surface area contributed by atoms with Gasteiger partial charge in [0.25, 0.3) is 0 Å². The average molecular weight is 222 g/mol. The highest BCUT2D eigenvalue weighted by atomic mass is 32.1. The Labute approximate surface area is 90.8 Å². The highest BCUT2D eigenvalue weighted by Gasteiger charge is 1.60. The molecule has 1 N–H and O–H groups in total. The van der Waals surface area contributed by atoms with Crippen LogP contribution in [-0.4, -0.2) is 20.3 Å². The summed E-state index contributed by atoms with van der Waals surface area (Å²) in [6.45, 7) is 0. The first-order valence-corrected chi connectivity index (χ1v) is 5.04. The normalized spacial score (nSPS) is 8.00. The third-order valence-electron chi connectivity index (χ3n) is 1.10. The van der Waals surface area contributed by atoms with Crippen molar-refractivity contribution in [3.63, 3.8) is 0 Å². The van der Waals surface area contributed by atoms with Gasteiger partial charge in [0.05, 0.1) is 11.7 Å². The predicted molar refractivity (Wildman–Crippen MR) is 57.2 cm³/mol. The smallest absolute Gasteiger partial charge is 0.123 e. The van der Waals surface area contributed by atoms with Crippen LogP contribution in [0.2, 0.25) is 0 Å². The van der Waals surface area contributed by atoms with E-state index in [1.807, 2.05) is 11.4 Å². The highest BCUT2D eigenvalue weighted by Crippen LogP contribution is 1.85. The molecule has 0 unspecified atom stereocenters. The van der Waals surface area contributed by atoms with Crippen LogP contribution in [0.15, 0.2) is 58.6 Å². The molecule has 0 radical (unpaired) electrons. The molecule has 0 bridgehead atoms. The van der Waals surface area contributed by atoms with Crippen molar-refractivity contribution in [1.29, 1.82) is 0 Å². The summed E-state index contributed by atoms with van der Waals surface area (Å²) < 4.78 is 4.33. The number of aromatic amines is 1. The zero-order valence-corrected chi connectivity index (χ0v) is 8.67. The summed E-state index contributed by atoms with van der Waals surface area (Å²) in [5.41, 5.74) is 1.79. The third kappa shape index (κ3) is 7.15. The molecule has 0 aliphatic carbocycles. The fourth-order valence-corrected chi connectivity index (χ4v) is 0.918. The van der Waals surface area contributed by atoms with E-state index in [0.29, 0.717) is 0 Å². The first-order valence-electron chi connectivity index (χ1n) is 4.10. The molecule has 0 atom stereocenters. The lowest BCUT2D eigenvalue weighted by Gasteiger charge is -1.49. The van der Waals surface area contributed by atoms with Crippen LogP contribution in [0, 0.1) is 0 Å². The molecule has 15 heavy (non-hydrogen) atoms. The van der Waals surface area contributed by atoms with Gasteiger partial charge in [0, 0.05) is 24.0 Å². The molecule has 0 amide bonds. The third-order valence-corrected chi connectivity index (χ3v) is 1.62. The summed E-state index contributed by atoms with van der Waals surface area (Å²) in [4.78, 5) is 3.74. The Hall–Kier alpha value is -1.95. The zero-order chi connectivity index (χ0) is 10.6. The summed E-state index contributed by atoms with van der Waals surface area (Å²) in [5, 5.41) is 11.5. The first kappa shape index (κ1) is 11.1. The Morgan fingerprint density at radius 3 is 2.33 bits per heavy atom. The molecule has 0 spiro atoms. The maximum atomic E-state index is 4.33. The lowest BCUT2D eigenvalue weighted by atomic mass is 10.8. The second-order valence-corrected chi connectivity index (χ2v) is 2.89. The number of aromatic nitrogens is 4. The quantitative estimate of drug-likeness (QED) is 0.633. The molecular weight excluding hydrogens is 212 g/mol. The van der Waals surface area contributed by atoms with E-state index in [2.05, 4.69) is 24.9 Å². The van der Waals surface area contributed by atoms with Crippen LogP contribution >= 0.6 is 11.3 Å². The standard InChI is InChI=1S/C3H4N2.C3H3NO.C3H3NS/c2*1-2-4-5-3-1;1-2-5-3-4-1/h1-3H,(H,4,5);2*1-3H. The summed E-state index contributed by atoms with van der Waals surface area (Å²) in [7, 11) is 0. The van der Waals surface area contributed by atoms with Crippen molar-refractivity contribution in [2.75, 3.05) is 0 Å². The molecule has 3 heterocycles. The van der Waals surface area contributed by atoms with Gasteiger partial charge in [0.1, 0.15) is 6.26 Å². The maximum Gasteiger partial charge on any atom is 0.123 e. The summed E-state index contributed by atoms with van der Waals surface area (Å²) in [5.74, 6) is 0. The topological polar surface area (TPSA) is 67.6 Å². The van der Waals surface area contributed by atoms with Gasteiger partial charge < -0.3 is 4.52 Å². The number of H-pyrrole nitrogens is 1. The van der Waals surface area contributed by atoms with Crippen molar-refractivity contribution in [3.8, 4) is 0 Å². The van der Waals surface area contributed by atoms with Gasteiger partial charge in [-0.2, -0.15) is 5.10 Å². The van der Waals surface area contributed by atoms with E-state index in [1.165, 1.54) is 6.26 Å². The molecule has 0 fully saturated rings.